The molecule has 5 N–H and O–H groups in total. The van der Waals surface area contributed by atoms with Crippen molar-refractivity contribution in [2.45, 2.75) is 13.3 Å². The lowest BCUT2D eigenvalue weighted by Gasteiger charge is -2.09. The molecule has 10 nitrogen and oxygen atoms in total. The highest BCUT2D eigenvalue weighted by molar-refractivity contribution is 6.02. The Morgan fingerprint density at radius 1 is 0.867 bits per heavy atom. The number of nitrogens with one attached hydrogen (secondary N) is 5. The minimum atomic E-state index is -0.549. The molecule has 0 fully saturated rings. The number of aromatic nitrogens is 2. The van der Waals surface area contributed by atoms with E-state index in [0.717, 1.165) is 0 Å². The van der Waals surface area contributed by atoms with E-state index in [1.54, 1.807) is 24.3 Å². The molecule has 0 saturated heterocycles. The van der Waals surface area contributed by atoms with Crippen LogP contribution in [0.2, 0.25) is 0 Å². The molecule has 0 atom stereocenters. The quantitative estimate of drug-likeness (QED) is 0.401. The summed E-state index contributed by atoms with van der Waals surface area (Å²) in [6.07, 6.45) is 0.0525. The number of H-pyrrole nitrogens is 2. The third-order valence-electron chi connectivity index (χ3n) is 4.18. The molecule has 3 aromatic rings. The highest BCUT2D eigenvalue weighted by atomic mass is 16.2. The van der Waals surface area contributed by atoms with Crippen LogP contribution >= 0.6 is 0 Å². The Morgan fingerprint density at radius 3 is 2.27 bits per heavy atom. The average Bonchev–Trinajstić information content (AvgIpc) is 2.70. The van der Waals surface area contributed by atoms with Gasteiger partial charge >= 0.3 is 0 Å². The molecule has 0 aliphatic heterocycles. The molecule has 3 rings (SSSR count). The van der Waals surface area contributed by atoms with E-state index in [-0.39, 0.29) is 41.2 Å². The minimum absolute atomic E-state index is 0.0525. The Balaban J connectivity index is 1.59. The van der Waals surface area contributed by atoms with Crippen LogP contribution < -0.4 is 27.1 Å². The van der Waals surface area contributed by atoms with Gasteiger partial charge in [-0.3, -0.25) is 34.2 Å². The van der Waals surface area contributed by atoms with Crippen molar-refractivity contribution in [3.8, 4) is 0 Å². The summed E-state index contributed by atoms with van der Waals surface area (Å²) >= 11 is 0. The zero-order valence-electron chi connectivity index (χ0n) is 16.0. The molecule has 154 valence electrons. The number of aromatic amines is 2. The van der Waals surface area contributed by atoms with E-state index in [9.17, 15) is 24.0 Å². The van der Waals surface area contributed by atoms with Gasteiger partial charge in [-0.1, -0.05) is 18.2 Å². The van der Waals surface area contributed by atoms with Gasteiger partial charge in [-0.05, 0) is 29.8 Å². The second kappa shape index (κ2) is 8.86. The fourth-order valence-electron chi connectivity index (χ4n) is 2.86. The predicted octanol–water partition coefficient (Wildman–Crippen LogP) is 0.472. The van der Waals surface area contributed by atoms with Crippen LogP contribution in [-0.2, 0) is 20.8 Å². The normalized spacial score (nSPS) is 10.4. The molecule has 0 bridgehead atoms. The van der Waals surface area contributed by atoms with E-state index >= 15 is 0 Å². The fraction of sp³-hybridized carbons (Fsp3) is 0.150. The van der Waals surface area contributed by atoms with Crippen LogP contribution in [0.4, 0.5) is 11.4 Å². The number of benzene rings is 2. The number of carbonyl (C=O) groups is 3. The first-order valence-electron chi connectivity index (χ1n) is 9.00. The molecule has 2 aromatic carbocycles. The zero-order valence-corrected chi connectivity index (χ0v) is 16.0. The minimum Gasteiger partial charge on any atom is -0.347 e. The van der Waals surface area contributed by atoms with E-state index in [1.807, 2.05) is 0 Å². The highest BCUT2D eigenvalue weighted by Crippen LogP contribution is 2.16. The van der Waals surface area contributed by atoms with Crippen LogP contribution in [0.3, 0.4) is 0 Å². The second-order valence-electron chi connectivity index (χ2n) is 6.52. The average molecular weight is 409 g/mol. The number of rotatable bonds is 6. The van der Waals surface area contributed by atoms with Crippen molar-refractivity contribution in [1.82, 2.24) is 15.5 Å². The van der Waals surface area contributed by atoms with Crippen molar-refractivity contribution < 1.29 is 14.4 Å². The number of hydrogen-bond donors (Lipinski definition) is 5. The number of anilines is 2. The summed E-state index contributed by atoms with van der Waals surface area (Å²) in [5, 5.41) is 12.3. The van der Waals surface area contributed by atoms with E-state index in [4.69, 9.17) is 0 Å². The largest absolute Gasteiger partial charge is 0.347 e. The lowest BCUT2D eigenvalue weighted by molar-refractivity contribution is -0.123. The van der Waals surface area contributed by atoms with Gasteiger partial charge in [-0.25, -0.2) is 0 Å². The lowest BCUT2D eigenvalue weighted by atomic mass is 10.1. The van der Waals surface area contributed by atoms with Gasteiger partial charge in [0.1, 0.15) is 0 Å². The molecule has 10 heteroatoms. The van der Waals surface area contributed by atoms with Crippen LogP contribution in [0.1, 0.15) is 12.5 Å². The number of fused-ring (bicyclic) bond motifs is 1. The van der Waals surface area contributed by atoms with E-state index in [1.165, 1.54) is 25.1 Å². The molecule has 0 aliphatic carbocycles. The van der Waals surface area contributed by atoms with Crippen molar-refractivity contribution >= 4 is 39.9 Å². The summed E-state index contributed by atoms with van der Waals surface area (Å²) in [7, 11) is 0. The lowest BCUT2D eigenvalue weighted by Crippen LogP contribution is -2.34. The summed E-state index contributed by atoms with van der Waals surface area (Å²) in [5.41, 5.74) is 0.468. The van der Waals surface area contributed by atoms with Gasteiger partial charge in [0, 0.05) is 12.6 Å². The van der Waals surface area contributed by atoms with Crippen molar-refractivity contribution in [3.63, 3.8) is 0 Å². The third-order valence-corrected chi connectivity index (χ3v) is 4.18. The van der Waals surface area contributed by atoms with Crippen LogP contribution in [0.15, 0.2) is 52.1 Å². The maximum absolute atomic E-state index is 12.2. The SMILES string of the molecule is CC(=O)Nc1ccc(CC(=O)NCC(=O)Nc2cccc3c(=O)[nH][nH]c(=O)c23)cc1. The van der Waals surface area contributed by atoms with E-state index < -0.39 is 17.0 Å². The Bertz CT molecular complexity index is 1230. The van der Waals surface area contributed by atoms with Gasteiger partial charge in [0.05, 0.1) is 29.4 Å². The van der Waals surface area contributed by atoms with Gasteiger partial charge in [0.2, 0.25) is 17.7 Å². The molecule has 3 amide bonds. The summed E-state index contributed by atoms with van der Waals surface area (Å²) in [5.74, 6) is -1.11. The van der Waals surface area contributed by atoms with Gasteiger partial charge in [-0.2, -0.15) is 0 Å². The maximum Gasteiger partial charge on any atom is 0.272 e. The molecular formula is C20H19N5O5. The number of amides is 3. The van der Waals surface area contributed by atoms with Gasteiger partial charge in [-0.15, -0.1) is 0 Å². The Labute approximate surface area is 169 Å². The van der Waals surface area contributed by atoms with Crippen LogP contribution in [0, 0.1) is 0 Å². The molecule has 0 spiro atoms. The smallest absolute Gasteiger partial charge is 0.272 e. The molecule has 30 heavy (non-hydrogen) atoms. The first-order chi connectivity index (χ1) is 14.3. The third kappa shape index (κ3) is 4.98. The van der Waals surface area contributed by atoms with Crippen molar-refractivity contribution in [3.05, 3.63) is 68.7 Å². The topological polar surface area (TPSA) is 153 Å². The maximum atomic E-state index is 12.2. The molecule has 0 unspecified atom stereocenters. The molecule has 0 aliphatic rings. The summed E-state index contributed by atoms with van der Waals surface area (Å²) in [6.45, 7) is 1.10. The van der Waals surface area contributed by atoms with Crippen LogP contribution in [0.25, 0.3) is 10.8 Å². The van der Waals surface area contributed by atoms with Gasteiger partial charge in [0.15, 0.2) is 0 Å². The molecule has 0 saturated carbocycles. The molecule has 1 heterocycles. The second-order valence-corrected chi connectivity index (χ2v) is 6.52. The summed E-state index contributed by atoms with van der Waals surface area (Å²) < 4.78 is 0. The van der Waals surface area contributed by atoms with Gasteiger partial charge < -0.3 is 16.0 Å². The molecule has 0 radical (unpaired) electrons. The van der Waals surface area contributed by atoms with Crippen LogP contribution in [0.5, 0.6) is 0 Å². The van der Waals surface area contributed by atoms with Crippen LogP contribution in [-0.4, -0.2) is 34.5 Å². The Morgan fingerprint density at radius 2 is 1.57 bits per heavy atom. The monoisotopic (exact) mass is 409 g/mol. The van der Waals surface area contributed by atoms with Crippen molar-refractivity contribution in [1.29, 1.82) is 0 Å². The fourth-order valence-corrected chi connectivity index (χ4v) is 2.86. The predicted molar refractivity (Wildman–Crippen MR) is 111 cm³/mol. The standard InChI is InChI=1S/C20H19N5O5/c1-11(26)22-13-7-5-12(6-8-13)9-16(27)21-10-17(28)23-15-4-2-3-14-18(15)20(30)25-24-19(14)29/h2-8H,9-10H2,1H3,(H,21,27)(H,22,26)(H,23,28)(H,24,29)(H,25,30). The Hall–Kier alpha value is -4.21. The first-order valence-corrected chi connectivity index (χ1v) is 9.00. The number of hydrogen-bond acceptors (Lipinski definition) is 5. The first kappa shape index (κ1) is 20.5. The zero-order chi connectivity index (χ0) is 21.7. The highest BCUT2D eigenvalue weighted by Gasteiger charge is 2.12. The summed E-state index contributed by atoms with van der Waals surface area (Å²) in [6, 6.07) is 11.3. The van der Waals surface area contributed by atoms with Crippen molar-refractivity contribution in [2.24, 2.45) is 0 Å². The Kier molecular flexibility index (Phi) is 6.06. The van der Waals surface area contributed by atoms with E-state index in [0.29, 0.717) is 11.3 Å². The van der Waals surface area contributed by atoms with Crippen molar-refractivity contribution in [2.75, 3.05) is 17.2 Å². The van der Waals surface area contributed by atoms with Gasteiger partial charge in [0.25, 0.3) is 11.1 Å². The summed E-state index contributed by atoms with van der Waals surface area (Å²) in [4.78, 5) is 59.1. The molecular weight excluding hydrogens is 390 g/mol. The molecule has 1 aromatic heterocycles. The number of carbonyl (C=O) groups excluding carboxylic acids is 3. The van der Waals surface area contributed by atoms with E-state index in [2.05, 4.69) is 26.1 Å².